The van der Waals surface area contributed by atoms with Gasteiger partial charge in [-0.2, -0.15) is 0 Å². The van der Waals surface area contributed by atoms with Crippen LogP contribution in [0.15, 0.2) is 42.5 Å². The van der Waals surface area contributed by atoms with Crippen LogP contribution in [0.2, 0.25) is 0 Å². The summed E-state index contributed by atoms with van der Waals surface area (Å²) >= 11 is 0. The van der Waals surface area contributed by atoms with Gasteiger partial charge in [0.15, 0.2) is 17.7 Å². The van der Waals surface area contributed by atoms with E-state index in [0.717, 1.165) is 0 Å². The molecular weight excluding hydrogens is 353 g/mol. The molecule has 0 aliphatic rings. The first-order valence-corrected chi connectivity index (χ1v) is 8.48. The molecule has 0 aliphatic heterocycles. The summed E-state index contributed by atoms with van der Waals surface area (Å²) in [7, 11) is 1.36. The Bertz CT molecular complexity index is 791. The number of hydrogen-bond acceptors (Lipinski definition) is 5. The second kappa shape index (κ2) is 9.56. The number of rotatable bonds is 8. The molecular formula is C20H22FNO5. The molecule has 0 spiro atoms. The normalized spacial score (nSPS) is 11.4. The Morgan fingerprint density at radius 2 is 1.85 bits per heavy atom. The summed E-state index contributed by atoms with van der Waals surface area (Å²) in [5.41, 5.74) is 0.987. The zero-order chi connectivity index (χ0) is 19.8. The van der Waals surface area contributed by atoms with Gasteiger partial charge in [-0.25, -0.2) is 4.39 Å². The van der Waals surface area contributed by atoms with Crippen molar-refractivity contribution in [2.75, 3.05) is 19.0 Å². The monoisotopic (exact) mass is 375 g/mol. The molecule has 0 unspecified atom stereocenters. The number of esters is 1. The van der Waals surface area contributed by atoms with Gasteiger partial charge in [0, 0.05) is 5.69 Å². The van der Waals surface area contributed by atoms with Gasteiger partial charge >= 0.3 is 5.97 Å². The lowest BCUT2D eigenvalue weighted by atomic mass is 10.1. The molecule has 144 valence electrons. The van der Waals surface area contributed by atoms with E-state index >= 15 is 0 Å². The highest BCUT2D eigenvalue weighted by Gasteiger charge is 2.18. The summed E-state index contributed by atoms with van der Waals surface area (Å²) < 4.78 is 28.9. The second-order valence-corrected chi connectivity index (χ2v) is 5.72. The molecule has 0 saturated carbocycles. The Labute approximate surface area is 157 Å². The van der Waals surface area contributed by atoms with Crippen molar-refractivity contribution in [3.05, 3.63) is 53.8 Å². The number of halogens is 1. The number of carbonyl (C=O) groups is 2. The third-order valence-electron chi connectivity index (χ3n) is 3.67. The van der Waals surface area contributed by atoms with Crippen LogP contribution in [-0.2, 0) is 20.7 Å². The van der Waals surface area contributed by atoms with E-state index in [9.17, 15) is 14.0 Å². The van der Waals surface area contributed by atoms with E-state index in [2.05, 4.69) is 5.32 Å². The SMILES string of the molecule is CCOc1ccc(NC(=O)[C@H](C)OC(=O)Cc2ccc(OC)c(F)c2)cc1. The quantitative estimate of drug-likeness (QED) is 0.717. The number of amides is 1. The summed E-state index contributed by atoms with van der Waals surface area (Å²) in [5.74, 6) is -0.872. The lowest BCUT2D eigenvalue weighted by molar-refractivity contribution is -0.152. The van der Waals surface area contributed by atoms with E-state index in [1.165, 1.54) is 26.2 Å². The lowest BCUT2D eigenvalue weighted by Gasteiger charge is -2.14. The maximum absolute atomic E-state index is 13.7. The van der Waals surface area contributed by atoms with E-state index in [-0.39, 0.29) is 12.2 Å². The maximum Gasteiger partial charge on any atom is 0.311 e. The van der Waals surface area contributed by atoms with E-state index in [4.69, 9.17) is 14.2 Å². The molecule has 2 rings (SSSR count). The lowest BCUT2D eigenvalue weighted by Crippen LogP contribution is -2.30. The van der Waals surface area contributed by atoms with Crippen molar-refractivity contribution in [2.24, 2.45) is 0 Å². The highest BCUT2D eigenvalue weighted by atomic mass is 19.1. The first kappa shape index (κ1) is 20.2. The minimum Gasteiger partial charge on any atom is -0.494 e. The van der Waals surface area contributed by atoms with Crippen LogP contribution in [-0.4, -0.2) is 31.7 Å². The molecule has 2 aromatic carbocycles. The van der Waals surface area contributed by atoms with Crippen molar-refractivity contribution in [3.8, 4) is 11.5 Å². The Hall–Kier alpha value is -3.09. The van der Waals surface area contributed by atoms with Crippen molar-refractivity contribution in [1.29, 1.82) is 0 Å². The van der Waals surface area contributed by atoms with Crippen molar-refractivity contribution >= 4 is 17.6 Å². The Morgan fingerprint density at radius 1 is 1.15 bits per heavy atom. The zero-order valence-corrected chi connectivity index (χ0v) is 15.5. The third kappa shape index (κ3) is 5.99. The number of methoxy groups -OCH3 is 1. The van der Waals surface area contributed by atoms with Crippen molar-refractivity contribution in [2.45, 2.75) is 26.4 Å². The number of hydrogen-bond donors (Lipinski definition) is 1. The van der Waals surface area contributed by atoms with Crippen LogP contribution in [0, 0.1) is 5.82 Å². The molecule has 0 fully saturated rings. The predicted molar refractivity (Wildman–Crippen MR) is 98.5 cm³/mol. The molecule has 0 aliphatic carbocycles. The molecule has 1 N–H and O–H groups in total. The van der Waals surface area contributed by atoms with Gasteiger partial charge in [-0.1, -0.05) is 6.07 Å². The van der Waals surface area contributed by atoms with Gasteiger partial charge in [0.05, 0.1) is 20.1 Å². The molecule has 0 heterocycles. The van der Waals surface area contributed by atoms with Gasteiger partial charge in [-0.15, -0.1) is 0 Å². The van der Waals surface area contributed by atoms with Crippen LogP contribution in [0.4, 0.5) is 10.1 Å². The van der Waals surface area contributed by atoms with E-state index in [1.807, 2.05) is 6.92 Å². The molecule has 0 saturated heterocycles. The Balaban J connectivity index is 1.87. The minimum absolute atomic E-state index is 0.0928. The van der Waals surface area contributed by atoms with Gasteiger partial charge in [0.2, 0.25) is 0 Å². The van der Waals surface area contributed by atoms with E-state index in [0.29, 0.717) is 23.6 Å². The Morgan fingerprint density at radius 3 is 2.44 bits per heavy atom. The molecule has 1 atom stereocenters. The topological polar surface area (TPSA) is 73.9 Å². The molecule has 27 heavy (non-hydrogen) atoms. The van der Waals surface area contributed by atoms with Crippen LogP contribution in [0.1, 0.15) is 19.4 Å². The molecule has 0 bridgehead atoms. The Kier molecular flexibility index (Phi) is 7.16. The first-order chi connectivity index (χ1) is 12.9. The zero-order valence-electron chi connectivity index (χ0n) is 15.5. The molecule has 1 amide bonds. The van der Waals surface area contributed by atoms with Crippen LogP contribution in [0.3, 0.4) is 0 Å². The number of anilines is 1. The number of benzene rings is 2. The standard InChI is InChI=1S/C20H22FNO5/c1-4-26-16-8-6-15(7-9-16)22-20(24)13(2)27-19(23)12-14-5-10-18(25-3)17(21)11-14/h5-11,13H,4,12H2,1-3H3,(H,22,24)/t13-/m0/s1. The summed E-state index contributed by atoms with van der Waals surface area (Å²) in [4.78, 5) is 24.1. The average Bonchev–Trinajstić information content (AvgIpc) is 2.63. The largest absolute Gasteiger partial charge is 0.494 e. The number of nitrogens with one attached hydrogen (secondary N) is 1. The summed E-state index contributed by atoms with van der Waals surface area (Å²) in [5, 5.41) is 2.66. The second-order valence-electron chi connectivity index (χ2n) is 5.72. The predicted octanol–water partition coefficient (Wildman–Crippen LogP) is 3.35. The molecule has 7 heteroatoms. The molecule has 6 nitrogen and oxygen atoms in total. The number of ether oxygens (including phenoxy) is 3. The maximum atomic E-state index is 13.7. The van der Waals surface area contributed by atoms with Crippen LogP contribution < -0.4 is 14.8 Å². The molecule has 2 aromatic rings. The van der Waals surface area contributed by atoms with E-state index < -0.39 is 23.8 Å². The van der Waals surface area contributed by atoms with E-state index in [1.54, 1.807) is 30.3 Å². The molecule has 0 aromatic heterocycles. The fourth-order valence-corrected chi connectivity index (χ4v) is 2.32. The van der Waals surface area contributed by atoms with Crippen molar-refractivity contribution in [3.63, 3.8) is 0 Å². The van der Waals surface area contributed by atoms with Crippen molar-refractivity contribution in [1.82, 2.24) is 0 Å². The highest BCUT2D eigenvalue weighted by molar-refractivity contribution is 5.95. The fraction of sp³-hybridized carbons (Fsp3) is 0.300. The minimum atomic E-state index is -0.993. The highest BCUT2D eigenvalue weighted by Crippen LogP contribution is 2.19. The third-order valence-corrected chi connectivity index (χ3v) is 3.67. The van der Waals surface area contributed by atoms with Gasteiger partial charge in [0.1, 0.15) is 5.75 Å². The fourth-order valence-electron chi connectivity index (χ4n) is 2.32. The summed E-state index contributed by atoms with van der Waals surface area (Å²) in [6, 6.07) is 11.0. The summed E-state index contributed by atoms with van der Waals surface area (Å²) in [6.07, 6.45) is -1.14. The van der Waals surface area contributed by atoms with Crippen LogP contribution in [0.5, 0.6) is 11.5 Å². The average molecular weight is 375 g/mol. The van der Waals surface area contributed by atoms with Gasteiger partial charge in [-0.05, 0) is 55.8 Å². The molecule has 0 radical (unpaired) electrons. The number of carbonyl (C=O) groups excluding carboxylic acids is 2. The smallest absolute Gasteiger partial charge is 0.311 e. The summed E-state index contributed by atoms with van der Waals surface area (Å²) in [6.45, 7) is 3.90. The van der Waals surface area contributed by atoms with Crippen LogP contribution in [0.25, 0.3) is 0 Å². The van der Waals surface area contributed by atoms with Gasteiger partial charge < -0.3 is 19.5 Å². The van der Waals surface area contributed by atoms with Gasteiger partial charge in [-0.3, -0.25) is 9.59 Å². The van der Waals surface area contributed by atoms with Crippen molar-refractivity contribution < 1.29 is 28.2 Å². The first-order valence-electron chi connectivity index (χ1n) is 8.48. The van der Waals surface area contributed by atoms with Crippen LogP contribution >= 0.6 is 0 Å². The van der Waals surface area contributed by atoms with Gasteiger partial charge in [0.25, 0.3) is 5.91 Å².